The van der Waals surface area contributed by atoms with E-state index in [4.69, 9.17) is 4.74 Å². The molecule has 0 atom stereocenters. The maximum absolute atomic E-state index is 11.7. The number of rotatable bonds is 11. The third-order valence-electron chi connectivity index (χ3n) is 5.81. The summed E-state index contributed by atoms with van der Waals surface area (Å²) in [5.74, 6) is 1.54. The Morgan fingerprint density at radius 1 is 1.06 bits per heavy atom. The van der Waals surface area contributed by atoms with Gasteiger partial charge in [-0.1, -0.05) is 25.0 Å². The van der Waals surface area contributed by atoms with Gasteiger partial charge in [0.05, 0.1) is 0 Å². The van der Waals surface area contributed by atoms with Crippen molar-refractivity contribution < 1.29 is 9.53 Å². The quantitative estimate of drug-likeness (QED) is 0.286. The van der Waals surface area contributed by atoms with E-state index in [1.54, 1.807) is 0 Å². The minimum absolute atomic E-state index is 0.0407. The highest BCUT2D eigenvalue weighted by Gasteiger charge is 2.23. The van der Waals surface area contributed by atoms with Crippen molar-refractivity contribution in [2.24, 2.45) is 4.99 Å². The Labute approximate surface area is 187 Å². The Hall–Kier alpha value is -2.28. The summed E-state index contributed by atoms with van der Waals surface area (Å²) in [4.78, 5) is 18.6. The van der Waals surface area contributed by atoms with Gasteiger partial charge in [-0.3, -0.25) is 9.79 Å². The number of guanidine groups is 1. The Morgan fingerprint density at radius 3 is 2.45 bits per heavy atom. The first-order valence-corrected chi connectivity index (χ1v) is 11.9. The van der Waals surface area contributed by atoms with Gasteiger partial charge >= 0.3 is 0 Å². The molecular formula is C24H39N5O2. The highest BCUT2D eigenvalue weighted by Crippen LogP contribution is 2.18. The number of hydrogen-bond acceptors (Lipinski definition) is 4. The van der Waals surface area contributed by atoms with E-state index in [1.807, 2.05) is 31.3 Å². The van der Waals surface area contributed by atoms with Gasteiger partial charge in [0.1, 0.15) is 5.75 Å². The summed E-state index contributed by atoms with van der Waals surface area (Å²) in [5.41, 5.74) is 1.22. The molecule has 0 bridgehead atoms. The van der Waals surface area contributed by atoms with Gasteiger partial charge in [0.2, 0.25) is 0 Å². The van der Waals surface area contributed by atoms with Crippen molar-refractivity contribution in [3.05, 3.63) is 29.8 Å². The van der Waals surface area contributed by atoms with Gasteiger partial charge < -0.3 is 25.6 Å². The largest absolute Gasteiger partial charge is 0.484 e. The SMILES string of the molecule is CN=C(NCCCN1CCCCCC1)NCCc1ccc(OCC(=O)NC2CC2)cc1. The molecule has 1 aliphatic heterocycles. The zero-order chi connectivity index (χ0) is 21.7. The molecule has 3 N–H and O–H groups in total. The molecular weight excluding hydrogens is 390 g/mol. The summed E-state index contributed by atoms with van der Waals surface area (Å²) in [7, 11) is 1.82. The fourth-order valence-corrected chi connectivity index (χ4v) is 3.81. The molecule has 0 unspecified atom stereocenters. The molecule has 2 fully saturated rings. The molecule has 2 aliphatic rings. The van der Waals surface area contributed by atoms with Crippen LogP contribution in [0.1, 0.15) is 50.5 Å². The molecule has 0 spiro atoms. The smallest absolute Gasteiger partial charge is 0.258 e. The highest BCUT2D eigenvalue weighted by molar-refractivity contribution is 5.79. The van der Waals surface area contributed by atoms with Crippen LogP contribution in [-0.4, -0.2) is 69.2 Å². The van der Waals surface area contributed by atoms with Crippen LogP contribution in [0.4, 0.5) is 0 Å². The molecule has 1 aromatic rings. The van der Waals surface area contributed by atoms with Gasteiger partial charge in [0, 0.05) is 26.2 Å². The minimum Gasteiger partial charge on any atom is -0.484 e. The average Bonchev–Trinajstić information content (AvgIpc) is 3.62. The van der Waals surface area contributed by atoms with Gasteiger partial charge in [-0.25, -0.2) is 0 Å². The molecule has 1 saturated heterocycles. The van der Waals surface area contributed by atoms with Crippen LogP contribution in [0, 0.1) is 0 Å². The molecule has 1 aromatic carbocycles. The van der Waals surface area contributed by atoms with E-state index in [0.29, 0.717) is 6.04 Å². The van der Waals surface area contributed by atoms with Crippen molar-refractivity contribution in [1.29, 1.82) is 0 Å². The molecule has 1 aliphatic carbocycles. The summed E-state index contributed by atoms with van der Waals surface area (Å²) in [6.45, 7) is 5.51. The predicted octanol–water partition coefficient (Wildman–Crippen LogP) is 2.32. The number of nitrogens with one attached hydrogen (secondary N) is 3. The van der Waals surface area contributed by atoms with E-state index in [-0.39, 0.29) is 12.5 Å². The molecule has 7 heteroatoms. The van der Waals surface area contributed by atoms with Crippen LogP contribution in [0.2, 0.25) is 0 Å². The molecule has 7 nitrogen and oxygen atoms in total. The number of amides is 1. The number of aliphatic imine (C=N–C) groups is 1. The fraction of sp³-hybridized carbons (Fsp3) is 0.667. The Bertz CT molecular complexity index is 680. The number of nitrogens with zero attached hydrogens (tertiary/aromatic N) is 2. The summed E-state index contributed by atoms with van der Waals surface area (Å²) in [5, 5.41) is 9.73. The van der Waals surface area contributed by atoms with E-state index in [1.165, 1.54) is 50.9 Å². The van der Waals surface area contributed by atoms with Crippen molar-refractivity contribution in [3.63, 3.8) is 0 Å². The molecule has 1 amide bonds. The normalized spacial score (nSPS) is 17.6. The summed E-state index contributed by atoms with van der Waals surface area (Å²) in [6, 6.07) is 8.32. The van der Waals surface area contributed by atoms with E-state index in [0.717, 1.165) is 50.5 Å². The second kappa shape index (κ2) is 13.2. The first-order chi connectivity index (χ1) is 15.2. The zero-order valence-corrected chi connectivity index (χ0v) is 19.0. The third-order valence-corrected chi connectivity index (χ3v) is 5.81. The molecule has 0 radical (unpaired) electrons. The fourth-order valence-electron chi connectivity index (χ4n) is 3.81. The maximum atomic E-state index is 11.7. The third kappa shape index (κ3) is 9.59. The van der Waals surface area contributed by atoms with Gasteiger partial charge in [-0.05, 0) is 75.9 Å². The van der Waals surface area contributed by atoms with Crippen molar-refractivity contribution in [2.45, 2.75) is 57.4 Å². The van der Waals surface area contributed by atoms with Crippen LogP contribution in [-0.2, 0) is 11.2 Å². The number of carbonyl (C=O) groups excluding carboxylic acids is 1. The molecule has 1 heterocycles. The standard InChI is InChI=1S/C24H39N5O2/c1-25-24(26-14-6-18-29-16-4-2-3-5-17-29)27-15-13-20-7-11-22(12-8-20)31-19-23(30)28-21-9-10-21/h7-8,11-12,21H,2-6,9-10,13-19H2,1H3,(H,28,30)(H2,25,26,27). The van der Waals surface area contributed by atoms with Crippen LogP contribution >= 0.6 is 0 Å². The lowest BCUT2D eigenvalue weighted by atomic mass is 10.1. The lowest BCUT2D eigenvalue weighted by Gasteiger charge is -2.20. The van der Waals surface area contributed by atoms with Crippen molar-refractivity contribution in [1.82, 2.24) is 20.9 Å². The molecule has 0 aromatic heterocycles. The number of hydrogen-bond donors (Lipinski definition) is 3. The van der Waals surface area contributed by atoms with Crippen molar-refractivity contribution in [3.8, 4) is 5.75 Å². The van der Waals surface area contributed by atoms with E-state index < -0.39 is 0 Å². The first kappa shape index (κ1) is 23.4. The van der Waals surface area contributed by atoms with Crippen LogP contribution in [0.5, 0.6) is 5.75 Å². The molecule has 172 valence electrons. The van der Waals surface area contributed by atoms with Gasteiger partial charge in [-0.2, -0.15) is 0 Å². The molecule has 1 saturated carbocycles. The topological polar surface area (TPSA) is 78.0 Å². The van der Waals surface area contributed by atoms with E-state index in [9.17, 15) is 4.79 Å². The summed E-state index contributed by atoms with van der Waals surface area (Å²) >= 11 is 0. The molecule has 3 rings (SSSR count). The Kier molecular flexibility index (Phi) is 9.96. The van der Waals surface area contributed by atoms with Gasteiger partial charge in [0.15, 0.2) is 12.6 Å². The maximum Gasteiger partial charge on any atom is 0.258 e. The Morgan fingerprint density at radius 2 is 1.77 bits per heavy atom. The number of ether oxygens (including phenoxy) is 1. The van der Waals surface area contributed by atoms with Crippen LogP contribution in [0.3, 0.4) is 0 Å². The highest BCUT2D eigenvalue weighted by atomic mass is 16.5. The predicted molar refractivity (Wildman–Crippen MR) is 126 cm³/mol. The number of carbonyl (C=O) groups is 1. The van der Waals surface area contributed by atoms with Crippen LogP contribution in [0.25, 0.3) is 0 Å². The summed E-state index contributed by atoms with van der Waals surface area (Å²) < 4.78 is 5.56. The lowest BCUT2D eigenvalue weighted by Crippen LogP contribution is -2.39. The zero-order valence-electron chi connectivity index (χ0n) is 19.0. The van der Waals surface area contributed by atoms with E-state index in [2.05, 4.69) is 25.8 Å². The van der Waals surface area contributed by atoms with Crippen LogP contribution < -0.4 is 20.7 Å². The second-order valence-electron chi connectivity index (χ2n) is 8.56. The first-order valence-electron chi connectivity index (χ1n) is 11.9. The van der Waals surface area contributed by atoms with Gasteiger partial charge in [-0.15, -0.1) is 0 Å². The number of likely N-dealkylation sites (tertiary alicyclic amines) is 1. The Balaban J connectivity index is 1.26. The second-order valence-corrected chi connectivity index (χ2v) is 8.56. The average molecular weight is 430 g/mol. The summed E-state index contributed by atoms with van der Waals surface area (Å²) in [6.07, 6.45) is 9.69. The van der Waals surface area contributed by atoms with Crippen LogP contribution in [0.15, 0.2) is 29.3 Å². The van der Waals surface area contributed by atoms with Crippen molar-refractivity contribution in [2.75, 3.05) is 46.4 Å². The van der Waals surface area contributed by atoms with Gasteiger partial charge in [0.25, 0.3) is 5.91 Å². The lowest BCUT2D eigenvalue weighted by molar-refractivity contribution is -0.123. The van der Waals surface area contributed by atoms with E-state index >= 15 is 0 Å². The minimum atomic E-state index is -0.0407. The number of benzene rings is 1. The monoisotopic (exact) mass is 429 g/mol. The molecule has 31 heavy (non-hydrogen) atoms. The van der Waals surface area contributed by atoms with Crippen molar-refractivity contribution >= 4 is 11.9 Å².